The second kappa shape index (κ2) is 6.79. The fraction of sp³-hybridized carbons (Fsp3) is 0.103. The van der Waals surface area contributed by atoms with Gasteiger partial charge in [-0.3, -0.25) is 0 Å². The van der Waals surface area contributed by atoms with Crippen molar-refractivity contribution in [1.82, 2.24) is 0 Å². The summed E-state index contributed by atoms with van der Waals surface area (Å²) in [5.74, 6) is 0. The highest BCUT2D eigenvalue weighted by Crippen LogP contribution is 2.48. The van der Waals surface area contributed by atoms with E-state index in [1.807, 2.05) is 0 Å². The molecule has 0 bridgehead atoms. The summed E-state index contributed by atoms with van der Waals surface area (Å²) in [7, 11) is 0. The Morgan fingerprint density at radius 1 is 0.484 bits per heavy atom. The van der Waals surface area contributed by atoms with E-state index in [9.17, 15) is 0 Å². The SMILES string of the molecule is Cc1cc(C)c(-c2c3ccccc3c3ccc4c(Br)cc(Br)c5ccc2c3c54)c(C)c1. The molecule has 6 aromatic rings. The van der Waals surface area contributed by atoms with E-state index in [-0.39, 0.29) is 0 Å². The van der Waals surface area contributed by atoms with Gasteiger partial charge in [0.2, 0.25) is 0 Å². The topological polar surface area (TPSA) is 0 Å². The Labute approximate surface area is 198 Å². The van der Waals surface area contributed by atoms with Gasteiger partial charge in [0.15, 0.2) is 0 Å². The Hall–Kier alpha value is -2.42. The molecule has 0 fully saturated rings. The lowest BCUT2D eigenvalue weighted by molar-refractivity contribution is 1.33. The van der Waals surface area contributed by atoms with Gasteiger partial charge in [0.25, 0.3) is 0 Å². The van der Waals surface area contributed by atoms with Crippen molar-refractivity contribution in [3.05, 3.63) is 92.4 Å². The molecule has 31 heavy (non-hydrogen) atoms. The third kappa shape index (κ3) is 2.65. The van der Waals surface area contributed by atoms with Crippen LogP contribution >= 0.6 is 31.9 Å². The predicted octanol–water partition coefficient (Wildman–Crippen LogP) is 9.85. The average molecular weight is 528 g/mol. The van der Waals surface area contributed by atoms with Gasteiger partial charge < -0.3 is 0 Å². The summed E-state index contributed by atoms with van der Waals surface area (Å²) in [5, 5.41) is 10.5. The monoisotopic (exact) mass is 526 g/mol. The summed E-state index contributed by atoms with van der Waals surface area (Å²) in [6.07, 6.45) is 0. The fourth-order valence-electron chi connectivity index (χ4n) is 5.52. The Balaban J connectivity index is 1.97. The van der Waals surface area contributed by atoms with E-state index < -0.39 is 0 Å². The van der Waals surface area contributed by atoms with Crippen LogP contribution in [0, 0.1) is 20.8 Å². The first kappa shape index (κ1) is 19.3. The molecule has 2 heteroatoms. The van der Waals surface area contributed by atoms with Crippen LogP contribution in [0.5, 0.6) is 0 Å². The van der Waals surface area contributed by atoms with Crippen molar-refractivity contribution < 1.29 is 0 Å². The highest BCUT2D eigenvalue weighted by atomic mass is 79.9. The molecular formula is C29H20Br2. The van der Waals surface area contributed by atoms with Crippen LogP contribution in [-0.4, -0.2) is 0 Å². The minimum Gasteiger partial charge on any atom is -0.0616 e. The maximum absolute atomic E-state index is 3.81. The first-order valence-electron chi connectivity index (χ1n) is 10.5. The molecule has 6 rings (SSSR count). The Kier molecular flexibility index (Phi) is 4.22. The van der Waals surface area contributed by atoms with Crippen LogP contribution in [0.15, 0.2) is 75.7 Å². The van der Waals surface area contributed by atoms with Crippen molar-refractivity contribution in [3.63, 3.8) is 0 Å². The highest BCUT2D eigenvalue weighted by molar-refractivity contribution is 9.11. The summed E-state index contributed by atoms with van der Waals surface area (Å²) < 4.78 is 2.25. The largest absolute Gasteiger partial charge is 0.0616 e. The molecule has 0 aromatic heterocycles. The van der Waals surface area contributed by atoms with Crippen molar-refractivity contribution in [2.75, 3.05) is 0 Å². The van der Waals surface area contributed by atoms with Crippen molar-refractivity contribution in [2.24, 2.45) is 0 Å². The minimum absolute atomic E-state index is 1.12. The summed E-state index contributed by atoms with van der Waals surface area (Å²) in [6, 6.07) is 24.8. The van der Waals surface area contributed by atoms with E-state index in [0.717, 1.165) is 8.95 Å². The number of rotatable bonds is 1. The lowest BCUT2D eigenvalue weighted by atomic mass is 9.83. The third-order valence-corrected chi connectivity index (χ3v) is 7.92. The molecule has 0 heterocycles. The van der Waals surface area contributed by atoms with Crippen molar-refractivity contribution in [3.8, 4) is 11.1 Å². The van der Waals surface area contributed by atoms with Gasteiger partial charge in [0.05, 0.1) is 0 Å². The average Bonchev–Trinajstić information content (AvgIpc) is 2.74. The maximum atomic E-state index is 3.81. The number of halogens is 2. The van der Waals surface area contributed by atoms with Crippen LogP contribution in [-0.2, 0) is 0 Å². The normalized spacial score (nSPS) is 12.0. The molecule has 0 nitrogen and oxygen atoms in total. The molecular weight excluding hydrogens is 508 g/mol. The first-order valence-corrected chi connectivity index (χ1v) is 12.1. The molecule has 0 N–H and O–H groups in total. The maximum Gasteiger partial charge on any atom is 0.0265 e. The molecule has 0 radical (unpaired) electrons. The van der Waals surface area contributed by atoms with E-state index in [1.165, 1.54) is 70.9 Å². The second-order valence-electron chi connectivity index (χ2n) is 8.61. The number of hydrogen-bond acceptors (Lipinski definition) is 0. The highest BCUT2D eigenvalue weighted by Gasteiger charge is 2.20. The Morgan fingerprint density at radius 3 is 1.65 bits per heavy atom. The van der Waals surface area contributed by atoms with Gasteiger partial charge >= 0.3 is 0 Å². The molecule has 6 aromatic carbocycles. The molecule has 0 aliphatic heterocycles. The smallest absolute Gasteiger partial charge is 0.0265 e. The lowest BCUT2D eigenvalue weighted by Gasteiger charge is -2.21. The summed E-state index contributed by atoms with van der Waals surface area (Å²) in [5.41, 5.74) is 6.69. The van der Waals surface area contributed by atoms with E-state index in [2.05, 4.69) is 119 Å². The lowest BCUT2D eigenvalue weighted by Crippen LogP contribution is -1.95. The molecule has 0 saturated heterocycles. The van der Waals surface area contributed by atoms with E-state index in [0.29, 0.717) is 0 Å². The van der Waals surface area contributed by atoms with Gasteiger partial charge in [-0.2, -0.15) is 0 Å². The molecule has 150 valence electrons. The zero-order valence-corrected chi connectivity index (χ0v) is 20.8. The third-order valence-electron chi connectivity index (χ3n) is 6.61. The van der Waals surface area contributed by atoms with Gasteiger partial charge in [-0.15, -0.1) is 0 Å². The van der Waals surface area contributed by atoms with Gasteiger partial charge in [0.1, 0.15) is 0 Å². The van der Waals surface area contributed by atoms with Crippen molar-refractivity contribution >= 4 is 74.9 Å². The first-order chi connectivity index (χ1) is 15.0. The van der Waals surface area contributed by atoms with Crippen LogP contribution in [0.2, 0.25) is 0 Å². The van der Waals surface area contributed by atoms with E-state index in [1.54, 1.807) is 0 Å². The van der Waals surface area contributed by atoms with E-state index in [4.69, 9.17) is 0 Å². The summed E-state index contributed by atoms with van der Waals surface area (Å²) in [6.45, 7) is 6.67. The molecule has 0 spiro atoms. The van der Waals surface area contributed by atoms with Crippen LogP contribution in [0.1, 0.15) is 16.7 Å². The zero-order chi connectivity index (χ0) is 21.4. The standard InChI is InChI=1S/C29H20Br2/c1-15-12-16(2)26(17(3)13-15)27-19-7-5-4-6-18(19)20-8-9-21-24(30)14-25(31)22-10-11-23(27)28(20)29(21)22/h4-14H,1-3H3. The molecule has 0 amide bonds. The quantitative estimate of drug-likeness (QED) is 0.147. The summed E-state index contributed by atoms with van der Waals surface area (Å²) >= 11 is 7.61. The Bertz CT molecular complexity index is 1630. The molecule has 0 aliphatic carbocycles. The Morgan fingerprint density at radius 2 is 1.00 bits per heavy atom. The van der Waals surface area contributed by atoms with Crippen LogP contribution < -0.4 is 0 Å². The molecule has 0 aliphatic rings. The molecule has 0 unspecified atom stereocenters. The van der Waals surface area contributed by atoms with E-state index >= 15 is 0 Å². The van der Waals surface area contributed by atoms with Gasteiger partial charge in [-0.1, -0.05) is 98.1 Å². The van der Waals surface area contributed by atoms with Crippen LogP contribution in [0.4, 0.5) is 0 Å². The number of hydrogen-bond donors (Lipinski definition) is 0. The van der Waals surface area contributed by atoms with Gasteiger partial charge in [-0.25, -0.2) is 0 Å². The number of benzene rings is 6. The molecule has 0 saturated carbocycles. The second-order valence-corrected chi connectivity index (χ2v) is 10.3. The van der Waals surface area contributed by atoms with Crippen molar-refractivity contribution in [2.45, 2.75) is 20.8 Å². The molecule has 0 atom stereocenters. The fourth-order valence-corrected chi connectivity index (χ4v) is 6.94. The van der Waals surface area contributed by atoms with Crippen LogP contribution in [0.25, 0.3) is 54.2 Å². The zero-order valence-electron chi connectivity index (χ0n) is 17.6. The number of aryl methyl sites for hydroxylation is 3. The van der Waals surface area contributed by atoms with Gasteiger partial charge in [-0.05, 0) is 92.2 Å². The minimum atomic E-state index is 1.12. The predicted molar refractivity (Wildman–Crippen MR) is 143 cm³/mol. The summed E-state index contributed by atoms with van der Waals surface area (Å²) in [4.78, 5) is 0. The van der Waals surface area contributed by atoms with Crippen molar-refractivity contribution in [1.29, 1.82) is 0 Å². The number of fused-ring (bicyclic) bond motifs is 2. The van der Waals surface area contributed by atoms with Crippen LogP contribution in [0.3, 0.4) is 0 Å². The van der Waals surface area contributed by atoms with Gasteiger partial charge in [0, 0.05) is 8.95 Å².